The molecule has 4 rings (SSSR count). The molecule has 3 aromatic rings. The molecule has 2 heterocycles. The molecule has 0 radical (unpaired) electrons. The minimum Gasteiger partial charge on any atom is -0.497 e. The molecule has 6 heteroatoms. The van der Waals surface area contributed by atoms with Crippen molar-refractivity contribution in [1.82, 2.24) is 10.1 Å². The van der Waals surface area contributed by atoms with E-state index < -0.39 is 0 Å². The SMILES string of the molecule is CCc1ccc(-c2noc(C[NH+]3CCN(c4ccc(OC)cc4)CC3)n2)cc1. The van der Waals surface area contributed by atoms with E-state index in [2.05, 4.69) is 58.4 Å². The molecule has 146 valence electrons. The molecule has 1 N–H and O–H groups in total. The highest BCUT2D eigenvalue weighted by molar-refractivity contribution is 5.54. The number of nitrogens with zero attached hydrogens (tertiary/aromatic N) is 3. The van der Waals surface area contributed by atoms with Crippen molar-refractivity contribution in [3.63, 3.8) is 0 Å². The molecule has 0 amide bonds. The Morgan fingerprint density at radius 1 is 1.04 bits per heavy atom. The molecular weight excluding hydrogens is 352 g/mol. The number of quaternary nitrogens is 1. The molecule has 0 aliphatic carbocycles. The van der Waals surface area contributed by atoms with Crippen molar-refractivity contribution in [1.29, 1.82) is 0 Å². The molecule has 0 bridgehead atoms. The molecule has 0 unspecified atom stereocenters. The lowest BCUT2D eigenvalue weighted by Gasteiger charge is -2.33. The van der Waals surface area contributed by atoms with Gasteiger partial charge in [0.1, 0.15) is 5.75 Å². The fourth-order valence-electron chi connectivity index (χ4n) is 3.60. The van der Waals surface area contributed by atoms with E-state index in [1.165, 1.54) is 16.2 Å². The number of nitrogens with one attached hydrogen (secondary N) is 1. The minimum absolute atomic E-state index is 0.675. The Hall–Kier alpha value is -2.86. The van der Waals surface area contributed by atoms with Crippen molar-refractivity contribution in [2.24, 2.45) is 0 Å². The zero-order chi connectivity index (χ0) is 19.3. The number of benzene rings is 2. The highest BCUT2D eigenvalue weighted by Gasteiger charge is 2.22. The molecule has 28 heavy (non-hydrogen) atoms. The van der Waals surface area contributed by atoms with Crippen LogP contribution in [0.15, 0.2) is 53.1 Å². The summed E-state index contributed by atoms with van der Waals surface area (Å²) in [7, 11) is 1.69. The van der Waals surface area contributed by atoms with E-state index in [1.54, 1.807) is 7.11 Å². The second-order valence-electron chi connectivity index (χ2n) is 7.17. The second-order valence-corrected chi connectivity index (χ2v) is 7.17. The van der Waals surface area contributed by atoms with Crippen LogP contribution < -0.4 is 14.5 Å². The van der Waals surface area contributed by atoms with Crippen molar-refractivity contribution in [3.8, 4) is 17.1 Å². The summed E-state index contributed by atoms with van der Waals surface area (Å²) in [5.41, 5.74) is 3.56. The van der Waals surface area contributed by atoms with E-state index in [9.17, 15) is 0 Å². The fraction of sp³-hybridized carbons (Fsp3) is 0.364. The van der Waals surface area contributed by atoms with Gasteiger partial charge >= 0.3 is 0 Å². The molecule has 1 saturated heterocycles. The Morgan fingerprint density at radius 2 is 1.75 bits per heavy atom. The Balaban J connectivity index is 1.32. The normalized spacial score (nSPS) is 15.0. The average molecular weight is 379 g/mol. The summed E-state index contributed by atoms with van der Waals surface area (Å²) < 4.78 is 10.7. The summed E-state index contributed by atoms with van der Waals surface area (Å²) >= 11 is 0. The lowest BCUT2D eigenvalue weighted by Crippen LogP contribution is -3.13. The zero-order valence-electron chi connectivity index (χ0n) is 16.5. The van der Waals surface area contributed by atoms with E-state index in [1.807, 2.05) is 12.1 Å². The van der Waals surface area contributed by atoms with Gasteiger partial charge in [0, 0.05) is 11.3 Å². The van der Waals surface area contributed by atoms with Crippen LogP contribution in [0.2, 0.25) is 0 Å². The molecule has 6 nitrogen and oxygen atoms in total. The van der Waals surface area contributed by atoms with Gasteiger partial charge in [-0.05, 0) is 36.2 Å². The standard InChI is InChI=1S/C22H26N4O2/c1-3-17-4-6-18(7-5-17)22-23-21(28-24-22)16-25-12-14-26(15-13-25)19-8-10-20(27-2)11-9-19/h4-11H,3,12-16H2,1-2H3/p+1. The quantitative estimate of drug-likeness (QED) is 0.712. The zero-order valence-corrected chi connectivity index (χ0v) is 16.5. The van der Waals surface area contributed by atoms with Gasteiger partial charge in [0.05, 0.1) is 33.3 Å². The minimum atomic E-state index is 0.675. The summed E-state index contributed by atoms with van der Waals surface area (Å²) in [4.78, 5) is 8.49. The second kappa shape index (κ2) is 8.44. The van der Waals surface area contributed by atoms with Gasteiger partial charge in [-0.2, -0.15) is 4.98 Å². The molecular formula is C22H27N4O2+. The van der Waals surface area contributed by atoms with Crippen LogP contribution in [0.4, 0.5) is 5.69 Å². The van der Waals surface area contributed by atoms with Gasteiger partial charge in [0.25, 0.3) is 5.89 Å². The van der Waals surface area contributed by atoms with Gasteiger partial charge in [0.2, 0.25) is 5.82 Å². The maximum absolute atomic E-state index is 5.51. The van der Waals surface area contributed by atoms with E-state index in [0.717, 1.165) is 50.5 Å². The third kappa shape index (κ3) is 4.17. The molecule has 1 aromatic heterocycles. The summed E-state index contributed by atoms with van der Waals surface area (Å²) in [6.07, 6.45) is 1.03. The highest BCUT2D eigenvalue weighted by Crippen LogP contribution is 2.19. The van der Waals surface area contributed by atoms with E-state index in [-0.39, 0.29) is 0 Å². The summed E-state index contributed by atoms with van der Waals surface area (Å²) in [5, 5.41) is 4.16. The topological polar surface area (TPSA) is 55.8 Å². The number of ether oxygens (including phenoxy) is 1. The first-order valence-corrected chi connectivity index (χ1v) is 9.89. The largest absolute Gasteiger partial charge is 0.497 e. The van der Waals surface area contributed by atoms with Gasteiger partial charge in [0.15, 0.2) is 6.54 Å². The van der Waals surface area contributed by atoms with Gasteiger partial charge < -0.3 is 19.1 Å². The first-order valence-electron chi connectivity index (χ1n) is 9.89. The van der Waals surface area contributed by atoms with Crippen molar-refractivity contribution in [3.05, 3.63) is 60.0 Å². The predicted octanol–water partition coefficient (Wildman–Crippen LogP) is 2.21. The van der Waals surface area contributed by atoms with Crippen LogP contribution in [0, 0.1) is 0 Å². The number of aryl methyl sites for hydroxylation is 1. The number of anilines is 1. The molecule has 1 aliphatic rings. The van der Waals surface area contributed by atoms with Crippen LogP contribution in [0.25, 0.3) is 11.4 Å². The summed E-state index contributed by atoms with van der Waals surface area (Å²) in [6.45, 7) is 7.06. The van der Waals surface area contributed by atoms with Crippen LogP contribution in [-0.2, 0) is 13.0 Å². The first-order chi connectivity index (χ1) is 13.7. The van der Waals surface area contributed by atoms with Gasteiger partial charge in [-0.25, -0.2) is 0 Å². The smallest absolute Gasteiger partial charge is 0.282 e. The molecule has 0 saturated carbocycles. The monoisotopic (exact) mass is 379 g/mol. The average Bonchev–Trinajstić information content (AvgIpc) is 3.23. The predicted molar refractivity (Wildman–Crippen MR) is 109 cm³/mol. The number of hydrogen-bond acceptors (Lipinski definition) is 5. The Morgan fingerprint density at radius 3 is 2.39 bits per heavy atom. The first kappa shape index (κ1) is 18.5. The number of aromatic nitrogens is 2. The lowest BCUT2D eigenvalue weighted by molar-refractivity contribution is -0.915. The summed E-state index contributed by atoms with van der Waals surface area (Å²) in [5.74, 6) is 2.28. The number of piperazine rings is 1. The third-order valence-corrected chi connectivity index (χ3v) is 5.40. The maximum Gasteiger partial charge on any atom is 0.282 e. The summed E-state index contributed by atoms with van der Waals surface area (Å²) in [6, 6.07) is 16.6. The Bertz CT molecular complexity index is 882. The number of hydrogen-bond donors (Lipinski definition) is 1. The molecule has 1 fully saturated rings. The Kier molecular flexibility index (Phi) is 5.58. The highest BCUT2D eigenvalue weighted by atomic mass is 16.5. The molecule has 0 spiro atoms. The third-order valence-electron chi connectivity index (χ3n) is 5.40. The van der Waals surface area contributed by atoms with E-state index in [4.69, 9.17) is 9.26 Å². The maximum atomic E-state index is 5.51. The molecule has 0 atom stereocenters. The van der Waals surface area contributed by atoms with Gasteiger partial charge in [-0.15, -0.1) is 0 Å². The van der Waals surface area contributed by atoms with Crippen LogP contribution in [-0.4, -0.2) is 43.4 Å². The van der Waals surface area contributed by atoms with Crippen LogP contribution >= 0.6 is 0 Å². The van der Waals surface area contributed by atoms with Crippen LogP contribution in [0.1, 0.15) is 18.4 Å². The van der Waals surface area contributed by atoms with Gasteiger partial charge in [-0.1, -0.05) is 36.3 Å². The van der Waals surface area contributed by atoms with Crippen molar-refractivity contribution in [2.75, 3.05) is 38.2 Å². The van der Waals surface area contributed by atoms with Crippen LogP contribution in [0.5, 0.6) is 5.75 Å². The van der Waals surface area contributed by atoms with Gasteiger partial charge in [-0.3, -0.25) is 0 Å². The van der Waals surface area contributed by atoms with Crippen molar-refractivity contribution < 1.29 is 14.2 Å². The van der Waals surface area contributed by atoms with E-state index in [0.29, 0.717) is 11.7 Å². The lowest BCUT2D eigenvalue weighted by atomic mass is 10.1. The van der Waals surface area contributed by atoms with Crippen molar-refractivity contribution >= 4 is 5.69 Å². The number of rotatable bonds is 6. The Labute approximate surface area is 165 Å². The van der Waals surface area contributed by atoms with E-state index >= 15 is 0 Å². The number of methoxy groups -OCH3 is 1. The fourth-order valence-corrected chi connectivity index (χ4v) is 3.60. The van der Waals surface area contributed by atoms with Crippen molar-refractivity contribution in [2.45, 2.75) is 19.9 Å². The molecule has 1 aliphatic heterocycles. The molecule has 2 aromatic carbocycles. The van der Waals surface area contributed by atoms with Crippen LogP contribution in [0.3, 0.4) is 0 Å².